The molecule has 6 heteroatoms. The molecular formula is C10H15ClN4O. The molecule has 2 heterocycles. The van der Waals surface area contributed by atoms with Crippen molar-refractivity contribution >= 4 is 23.1 Å². The van der Waals surface area contributed by atoms with E-state index in [4.69, 9.17) is 22.1 Å². The lowest BCUT2D eigenvalue weighted by molar-refractivity contribution is -0.00541. The zero-order chi connectivity index (χ0) is 11.7. The van der Waals surface area contributed by atoms with Gasteiger partial charge >= 0.3 is 0 Å². The maximum atomic E-state index is 5.85. The number of nitrogens with zero attached hydrogens (tertiary/aromatic N) is 3. The van der Waals surface area contributed by atoms with E-state index in [1.807, 2.05) is 13.8 Å². The third-order valence-electron chi connectivity index (χ3n) is 2.49. The normalized spacial score (nSPS) is 25.8. The second kappa shape index (κ2) is 4.43. The predicted octanol–water partition coefficient (Wildman–Crippen LogP) is 1.33. The van der Waals surface area contributed by atoms with Crippen molar-refractivity contribution in [3.63, 3.8) is 0 Å². The van der Waals surface area contributed by atoms with Crippen LogP contribution in [0.15, 0.2) is 6.20 Å². The Labute approximate surface area is 99.6 Å². The van der Waals surface area contributed by atoms with Crippen LogP contribution in [-0.4, -0.2) is 35.3 Å². The van der Waals surface area contributed by atoms with Gasteiger partial charge in [-0.1, -0.05) is 0 Å². The van der Waals surface area contributed by atoms with Crippen LogP contribution < -0.4 is 10.6 Å². The van der Waals surface area contributed by atoms with Crippen molar-refractivity contribution in [2.24, 2.45) is 0 Å². The van der Waals surface area contributed by atoms with Crippen molar-refractivity contribution in [3.8, 4) is 0 Å². The molecule has 0 saturated carbocycles. The van der Waals surface area contributed by atoms with Gasteiger partial charge in [-0.2, -0.15) is 4.98 Å². The summed E-state index contributed by atoms with van der Waals surface area (Å²) in [6, 6.07) is 0. The minimum Gasteiger partial charge on any atom is -0.394 e. The quantitative estimate of drug-likeness (QED) is 0.753. The first kappa shape index (κ1) is 11.4. The Morgan fingerprint density at radius 1 is 1.44 bits per heavy atom. The molecule has 0 bridgehead atoms. The smallest absolute Gasteiger partial charge is 0.224 e. The maximum Gasteiger partial charge on any atom is 0.224 e. The summed E-state index contributed by atoms with van der Waals surface area (Å²) in [7, 11) is 0. The molecule has 2 unspecified atom stereocenters. The van der Waals surface area contributed by atoms with Gasteiger partial charge < -0.3 is 15.4 Å². The van der Waals surface area contributed by atoms with Gasteiger partial charge in [0.1, 0.15) is 0 Å². The summed E-state index contributed by atoms with van der Waals surface area (Å²) in [5, 5.41) is 0.219. The van der Waals surface area contributed by atoms with Crippen molar-refractivity contribution in [2.45, 2.75) is 26.1 Å². The molecule has 5 nitrogen and oxygen atoms in total. The number of nitrogen functional groups attached to an aromatic ring is 1. The first-order valence-corrected chi connectivity index (χ1v) is 5.62. The zero-order valence-electron chi connectivity index (χ0n) is 9.35. The Morgan fingerprint density at radius 2 is 2.06 bits per heavy atom. The van der Waals surface area contributed by atoms with Gasteiger partial charge in [0, 0.05) is 13.1 Å². The summed E-state index contributed by atoms with van der Waals surface area (Å²) in [5.74, 6) is 0.696. The van der Waals surface area contributed by atoms with Crippen LogP contribution in [0.4, 0.5) is 11.5 Å². The predicted molar refractivity (Wildman–Crippen MR) is 63.7 cm³/mol. The molecule has 1 fully saturated rings. The molecule has 0 aromatic carbocycles. The molecule has 1 aromatic heterocycles. The third kappa shape index (κ3) is 2.36. The van der Waals surface area contributed by atoms with Gasteiger partial charge in [-0.05, 0) is 25.4 Å². The van der Waals surface area contributed by atoms with Crippen LogP contribution in [-0.2, 0) is 4.74 Å². The highest BCUT2D eigenvalue weighted by molar-refractivity contribution is 6.28. The summed E-state index contributed by atoms with van der Waals surface area (Å²) in [6.07, 6.45) is 1.86. The van der Waals surface area contributed by atoms with Crippen molar-refractivity contribution in [1.29, 1.82) is 0 Å². The second-order valence-corrected chi connectivity index (χ2v) is 4.42. The molecule has 88 valence electrons. The fraction of sp³-hybridized carbons (Fsp3) is 0.600. The lowest BCUT2D eigenvalue weighted by Gasteiger charge is -2.36. The highest BCUT2D eigenvalue weighted by Gasteiger charge is 2.24. The summed E-state index contributed by atoms with van der Waals surface area (Å²) in [5.41, 5.74) is 6.39. The van der Waals surface area contributed by atoms with Gasteiger partial charge in [0.2, 0.25) is 5.28 Å². The number of aromatic nitrogens is 2. The molecule has 2 N–H and O–H groups in total. The Balaban J connectivity index is 2.25. The second-order valence-electron chi connectivity index (χ2n) is 4.08. The Hall–Kier alpha value is -1.07. The summed E-state index contributed by atoms with van der Waals surface area (Å²) in [6.45, 7) is 5.59. The SMILES string of the molecule is CC1CN(c2nc(Cl)ncc2N)CC(C)O1. The monoisotopic (exact) mass is 242 g/mol. The van der Waals surface area contributed by atoms with Gasteiger partial charge in [0.15, 0.2) is 5.82 Å². The number of anilines is 2. The van der Waals surface area contributed by atoms with E-state index < -0.39 is 0 Å². The average Bonchev–Trinajstić information content (AvgIpc) is 2.20. The van der Waals surface area contributed by atoms with E-state index >= 15 is 0 Å². The first-order valence-electron chi connectivity index (χ1n) is 5.24. The van der Waals surface area contributed by atoms with Crippen LogP contribution >= 0.6 is 11.6 Å². The van der Waals surface area contributed by atoms with Gasteiger partial charge in [-0.25, -0.2) is 4.98 Å². The van der Waals surface area contributed by atoms with Crippen molar-refractivity contribution in [1.82, 2.24) is 9.97 Å². The Bertz CT molecular complexity index is 377. The fourth-order valence-corrected chi connectivity index (χ4v) is 2.09. The fourth-order valence-electron chi connectivity index (χ4n) is 1.97. The third-order valence-corrected chi connectivity index (χ3v) is 2.67. The number of halogens is 1. The van der Waals surface area contributed by atoms with E-state index in [-0.39, 0.29) is 17.5 Å². The number of hydrogen-bond donors (Lipinski definition) is 1. The van der Waals surface area contributed by atoms with E-state index in [9.17, 15) is 0 Å². The molecule has 1 aromatic rings. The highest BCUT2D eigenvalue weighted by Crippen LogP contribution is 2.24. The minimum atomic E-state index is 0.164. The molecule has 0 radical (unpaired) electrons. The summed E-state index contributed by atoms with van der Waals surface area (Å²) < 4.78 is 5.65. The maximum absolute atomic E-state index is 5.85. The van der Waals surface area contributed by atoms with E-state index in [1.165, 1.54) is 6.20 Å². The van der Waals surface area contributed by atoms with Gasteiger partial charge in [-0.3, -0.25) is 0 Å². The van der Waals surface area contributed by atoms with Gasteiger partial charge in [0.25, 0.3) is 0 Å². The lowest BCUT2D eigenvalue weighted by Crippen LogP contribution is -2.46. The first-order chi connectivity index (χ1) is 7.56. The van der Waals surface area contributed by atoms with Crippen LogP contribution in [0.3, 0.4) is 0 Å². The van der Waals surface area contributed by atoms with Crippen molar-refractivity contribution < 1.29 is 4.74 Å². The molecule has 2 rings (SSSR count). The Morgan fingerprint density at radius 3 is 2.69 bits per heavy atom. The average molecular weight is 243 g/mol. The number of hydrogen-bond acceptors (Lipinski definition) is 5. The number of rotatable bonds is 1. The van der Waals surface area contributed by atoms with Crippen molar-refractivity contribution in [3.05, 3.63) is 11.5 Å². The van der Waals surface area contributed by atoms with Crippen LogP contribution in [0, 0.1) is 0 Å². The lowest BCUT2D eigenvalue weighted by atomic mass is 10.2. The highest BCUT2D eigenvalue weighted by atomic mass is 35.5. The molecule has 0 spiro atoms. The molecule has 2 atom stereocenters. The van der Waals surface area contributed by atoms with Gasteiger partial charge in [-0.15, -0.1) is 0 Å². The molecule has 0 aliphatic carbocycles. The van der Waals surface area contributed by atoms with E-state index in [0.717, 1.165) is 13.1 Å². The minimum absolute atomic E-state index is 0.164. The topological polar surface area (TPSA) is 64.3 Å². The standard InChI is InChI=1S/C10H15ClN4O/c1-6-4-15(5-7(2)16-6)9-8(12)3-13-10(11)14-9/h3,6-7H,4-5,12H2,1-2H3. The molecule has 1 aliphatic heterocycles. The van der Waals surface area contributed by atoms with E-state index in [1.54, 1.807) is 0 Å². The molecule has 1 saturated heterocycles. The zero-order valence-corrected chi connectivity index (χ0v) is 10.1. The number of nitrogens with two attached hydrogens (primary N) is 1. The summed E-state index contributed by atoms with van der Waals surface area (Å²) in [4.78, 5) is 10.1. The van der Waals surface area contributed by atoms with E-state index in [0.29, 0.717) is 11.5 Å². The molecule has 0 amide bonds. The summed E-state index contributed by atoms with van der Waals surface area (Å²) >= 11 is 5.77. The Kier molecular flexibility index (Phi) is 3.16. The van der Waals surface area contributed by atoms with Gasteiger partial charge in [0.05, 0.1) is 24.1 Å². The van der Waals surface area contributed by atoms with E-state index in [2.05, 4.69) is 14.9 Å². The number of ether oxygens (including phenoxy) is 1. The van der Waals surface area contributed by atoms with Crippen LogP contribution in [0.5, 0.6) is 0 Å². The largest absolute Gasteiger partial charge is 0.394 e. The van der Waals surface area contributed by atoms with Crippen molar-refractivity contribution in [2.75, 3.05) is 23.7 Å². The van der Waals surface area contributed by atoms with Crippen LogP contribution in [0.1, 0.15) is 13.8 Å². The molecule has 1 aliphatic rings. The molecular weight excluding hydrogens is 228 g/mol. The number of morpholine rings is 1. The van der Waals surface area contributed by atoms with Crippen LogP contribution in [0.25, 0.3) is 0 Å². The molecule has 16 heavy (non-hydrogen) atoms. The van der Waals surface area contributed by atoms with Crippen LogP contribution in [0.2, 0.25) is 5.28 Å².